The molecule has 0 bridgehead atoms. The Morgan fingerprint density at radius 2 is 1.83 bits per heavy atom. The SMILES string of the molecule is O=C(O)c1cc(NCCc2ccccc2C(F)(F)F)ccc1O. The van der Waals surface area contributed by atoms with Crippen molar-refractivity contribution in [2.45, 2.75) is 12.6 Å². The molecule has 0 aliphatic heterocycles. The highest BCUT2D eigenvalue weighted by molar-refractivity contribution is 5.91. The zero-order chi connectivity index (χ0) is 17.0. The quantitative estimate of drug-likeness (QED) is 0.732. The van der Waals surface area contributed by atoms with E-state index in [1.165, 1.54) is 36.4 Å². The third kappa shape index (κ3) is 4.15. The van der Waals surface area contributed by atoms with Crippen LogP contribution in [0.4, 0.5) is 18.9 Å². The summed E-state index contributed by atoms with van der Waals surface area (Å²) in [5, 5.41) is 21.2. The molecular formula is C16H14F3NO3. The summed E-state index contributed by atoms with van der Waals surface area (Å²) in [7, 11) is 0. The lowest BCUT2D eigenvalue weighted by Crippen LogP contribution is -2.12. The van der Waals surface area contributed by atoms with Gasteiger partial charge in [0.15, 0.2) is 0 Å². The van der Waals surface area contributed by atoms with Crippen molar-refractivity contribution >= 4 is 11.7 Å². The van der Waals surface area contributed by atoms with Gasteiger partial charge in [-0.2, -0.15) is 13.2 Å². The number of aromatic hydroxyl groups is 1. The minimum absolute atomic E-state index is 0.124. The number of carboxylic acid groups (broad SMARTS) is 1. The number of benzene rings is 2. The zero-order valence-corrected chi connectivity index (χ0v) is 11.9. The van der Waals surface area contributed by atoms with E-state index in [0.29, 0.717) is 5.69 Å². The van der Waals surface area contributed by atoms with Crippen LogP contribution in [-0.2, 0) is 12.6 Å². The standard InChI is InChI=1S/C16H14F3NO3/c17-16(18,19)13-4-2-1-3-10(13)7-8-20-11-5-6-14(21)12(9-11)15(22)23/h1-6,9,20-21H,7-8H2,(H,22,23). The third-order valence-electron chi connectivity index (χ3n) is 3.27. The molecule has 0 atom stereocenters. The molecule has 0 spiro atoms. The predicted octanol–water partition coefficient (Wildman–Crippen LogP) is 3.76. The van der Waals surface area contributed by atoms with Gasteiger partial charge in [-0.1, -0.05) is 18.2 Å². The van der Waals surface area contributed by atoms with Gasteiger partial charge in [0.05, 0.1) is 5.56 Å². The molecule has 0 unspecified atom stereocenters. The maximum absolute atomic E-state index is 12.9. The van der Waals surface area contributed by atoms with Gasteiger partial charge in [0.1, 0.15) is 11.3 Å². The third-order valence-corrected chi connectivity index (χ3v) is 3.27. The number of carboxylic acids is 1. The van der Waals surface area contributed by atoms with Gasteiger partial charge in [0.25, 0.3) is 0 Å². The Hall–Kier alpha value is -2.70. The van der Waals surface area contributed by atoms with Crippen LogP contribution in [-0.4, -0.2) is 22.7 Å². The largest absolute Gasteiger partial charge is 0.507 e. The monoisotopic (exact) mass is 325 g/mol. The number of hydrogen-bond donors (Lipinski definition) is 3. The molecule has 2 aromatic carbocycles. The Kier molecular flexibility index (Phi) is 4.78. The smallest absolute Gasteiger partial charge is 0.416 e. The summed E-state index contributed by atoms with van der Waals surface area (Å²) in [6, 6.07) is 9.20. The topological polar surface area (TPSA) is 69.6 Å². The molecule has 0 amide bonds. The Labute approximate surface area is 130 Å². The maximum Gasteiger partial charge on any atom is 0.416 e. The molecule has 0 saturated carbocycles. The molecule has 0 heterocycles. The molecule has 0 aromatic heterocycles. The lowest BCUT2D eigenvalue weighted by Gasteiger charge is -2.13. The van der Waals surface area contributed by atoms with Gasteiger partial charge in [0, 0.05) is 12.2 Å². The van der Waals surface area contributed by atoms with Gasteiger partial charge in [-0.25, -0.2) is 4.79 Å². The van der Waals surface area contributed by atoms with E-state index in [1.54, 1.807) is 0 Å². The summed E-state index contributed by atoms with van der Waals surface area (Å²) in [4.78, 5) is 10.9. The first kappa shape index (κ1) is 16.7. The van der Waals surface area contributed by atoms with Crippen molar-refractivity contribution in [1.82, 2.24) is 0 Å². The van der Waals surface area contributed by atoms with Crippen molar-refractivity contribution < 1.29 is 28.2 Å². The van der Waals surface area contributed by atoms with Crippen molar-refractivity contribution in [3.8, 4) is 5.75 Å². The first-order valence-corrected chi connectivity index (χ1v) is 6.74. The molecule has 0 radical (unpaired) electrons. The van der Waals surface area contributed by atoms with Gasteiger partial charge in [-0.15, -0.1) is 0 Å². The number of aromatic carboxylic acids is 1. The Balaban J connectivity index is 2.07. The molecule has 122 valence electrons. The van der Waals surface area contributed by atoms with Gasteiger partial charge in [0.2, 0.25) is 0 Å². The average Bonchev–Trinajstić information content (AvgIpc) is 2.48. The molecule has 4 nitrogen and oxygen atoms in total. The van der Waals surface area contributed by atoms with Gasteiger partial charge in [-0.05, 0) is 36.2 Å². The van der Waals surface area contributed by atoms with Gasteiger partial charge < -0.3 is 15.5 Å². The van der Waals surface area contributed by atoms with Crippen LogP contribution in [0.2, 0.25) is 0 Å². The highest BCUT2D eigenvalue weighted by Gasteiger charge is 2.32. The second-order valence-electron chi connectivity index (χ2n) is 4.87. The number of rotatable bonds is 5. The number of anilines is 1. The van der Waals surface area contributed by atoms with Crippen LogP contribution < -0.4 is 5.32 Å². The molecule has 2 aromatic rings. The second-order valence-corrected chi connectivity index (χ2v) is 4.87. The van der Waals surface area contributed by atoms with E-state index in [2.05, 4.69) is 5.32 Å². The van der Waals surface area contributed by atoms with Crippen molar-refractivity contribution in [1.29, 1.82) is 0 Å². The van der Waals surface area contributed by atoms with E-state index in [0.717, 1.165) is 6.07 Å². The lowest BCUT2D eigenvalue weighted by atomic mass is 10.0. The summed E-state index contributed by atoms with van der Waals surface area (Å²) in [5.41, 5.74) is -0.390. The Morgan fingerprint density at radius 3 is 2.48 bits per heavy atom. The minimum atomic E-state index is -4.41. The Morgan fingerprint density at radius 1 is 1.13 bits per heavy atom. The predicted molar refractivity (Wildman–Crippen MR) is 78.7 cm³/mol. The summed E-state index contributed by atoms with van der Waals surface area (Å²) in [5.74, 6) is -1.65. The van der Waals surface area contributed by atoms with Crippen LogP contribution in [0.25, 0.3) is 0 Å². The summed E-state index contributed by atoms with van der Waals surface area (Å²) < 4.78 is 38.6. The second kappa shape index (κ2) is 6.60. The first-order valence-electron chi connectivity index (χ1n) is 6.74. The van der Waals surface area contributed by atoms with Gasteiger partial charge >= 0.3 is 12.1 Å². The fourth-order valence-electron chi connectivity index (χ4n) is 2.17. The molecule has 0 fully saturated rings. The molecular weight excluding hydrogens is 311 g/mol. The van der Waals surface area contributed by atoms with Crippen LogP contribution in [0, 0.1) is 0 Å². The highest BCUT2D eigenvalue weighted by Crippen LogP contribution is 2.32. The molecule has 0 aliphatic rings. The summed E-state index contributed by atoms with van der Waals surface area (Å²) in [6.07, 6.45) is -4.29. The fraction of sp³-hybridized carbons (Fsp3) is 0.188. The fourth-order valence-corrected chi connectivity index (χ4v) is 2.17. The molecule has 23 heavy (non-hydrogen) atoms. The van der Waals surface area contributed by atoms with Crippen LogP contribution >= 0.6 is 0 Å². The van der Waals surface area contributed by atoms with E-state index >= 15 is 0 Å². The average molecular weight is 325 g/mol. The van der Waals surface area contributed by atoms with E-state index in [4.69, 9.17) is 5.11 Å². The highest BCUT2D eigenvalue weighted by atomic mass is 19.4. The molecule has 0 aliphatic carbocycles. The molecule has 3 N–H and O–H groups in total. The normalized spacial score (nSPS) is 11.3. The number of hydrogen-bond acceptors (Lipinski definition) is 3. The molecule has 7 heteroatoms. The maximum atomic E-state index is 12.9. The van der Waals surface area contributed by atoms with Crippen LogP contribution in [0.3, 0.4) is 0 Å². The van der Waals surface area contributed by atoms with Crippen LogP contribution in [0.1, 0.15) is 21.5 Å². The van der Waals surface area contributed by atoms with Crippen molar-refractivity contribution in [2.24, 2.45) is 0 Å². The van der Waals surface area contributed by atoms with Gasteiger partial charge in [-0.3, -0.25) is 0 Å². The lowest BCUT2D eigenvalue weighted by molar-refractivity contribution is -0.138. The van der Waals surface area contributed by atoms with E-state index < -0.39 is 17.7 Å². The van der Waals surface area contributed by atoms with Crippen molar-refractivity contribution in [3.63, 3.8) is 0 Å². The van der Waals surface area contributed by atoms with E-state index in [9.17, 15) is 23.1 Å². The van der Waals surface area contributed by atoms with E-state index in [-0.39, 0.29) is 29.8 Å². The zero-order valence-electron chi connectivity index (χ0n) is 11.9. The summed E-state index contributed by atoms with van der Waals surface area (Å²) in [6.45, 7) is 0.191. The van der Waals surface area contributed by atoms with Crippen LogP contribution in [0.5, 0.6) is 5.75 Å². The van der Waals surface area contributed by atoms with E-state index in [1.807, 2.05) is 0 Å². The van der Waals surface area contributed by atoms with Crippen molar-refractivity contribution in [2.75, 3.05) is 11.9 Å². The summed E-state index contributed by atoms with van der Waals surface area (Å²) >= 11 is 0. The number of halogens is 3. The number of nitrogens with one attached hydrogen (secondary N) is 1. The molecule has 0 saturated heterocycles. The first-order chi connectivity index (χ1) is 10.8. The Bertz CT molecular complexity index is 714. The van der Waals surface area contributed by atoms with Crippen LogP contribution in [0.15, 0.2) is 42.5 Å². The molecule has 2 rings (SSSR count). The number of alkyl halides is 3. The van der Waals surface area contributed by atoms with Crippen molar-refractivity contribution in [3.05, 3.63) is 59.2 Å². The minimum Gasteiger partial charge on any atom is -0.507 e. The number of phenols is 1. The number of carbonyl (C=O) groups is 1.